The second-order valence-electron chi connectivity index (χ2n) is 4.96. The number of benzene rings is 1. The Kier molecular flexibility index (Phi) is 3.48. The van der Waals surface area contributed by atoms with Crippen molar-refractivity contribution in [2.45, 2.75) is 25.4 Å². The number of ketones is 1. The normalized spacial score (nSPS) is 21.7. The van der Waals surface area contributed by atoms with E-state index in [-0.39, 0.29) is 28.9 Å². The number of halogens is 2. The minimum absolute atomic E-state index is 0.00509. The average molecular weight is 298 g/mol. The quantitative estimate of drug-likeness (QED) is 0.806. The van der Waals surface area contributed by atoms with Crippen LogP contribution in [0.4, 0.5) is 10.1 Å². The molecule has 1 fully saturated rings. The van der Waals surface area contributed by atoms with Crippen LogP contribution in [0.2, 0.25) is 5.02 Å². The first-order valence-electron chi connectivity index (χ1n) is 6.55. The van der Waals surface area contributed by atoms with Crippen LogP contribution in [-0.4, -0.2) is 30.9 Å². The van der Waals surface area contributed by atoms with Crippen LogP contribution in [0.5, 0.6) is 0 Å². The number of carbonyl (C=O) groups excluding carboxylic acids is 2. The lowest BCUT2D eigenvalue weighted by atomic mass is 10.1. The molecule has 0 radical (unpaired) electrons. The summed E-state index contributed by atoms with van der Waals surface area (Å²) in [6.07, 6.45) is 2.59. The van der Waals surface area contributed by atoms with Crippen LogP contribution >= 0.6 is 11.6 Å². The van der Waals surface area contributed by atoms with Crippen molar-refractivity contribution in [2.24, 2.45) is 0 Å². The first kappa shape index (κ1) is 13.5. The van der Waals surface area contributed by atoms with E-state index in [9.17, 15) is 14.0 Å². The average Bonchev–Trinajstić information content (AvgIpc) is 3.02. The molecule has 0 saturated carbocycles. The molecule has 106 valence electrons. The van der Waals surface area contributed by atoms with Gasteiger partial charge in [-0.2, -0.15) is 0 Å². The molecule has 2 aliphatic rings. The SMILES string of the molecule is O=C1C(=O)N(CCC2CCCO2)c2c(F)ccc(Cl)c21. The van der Waals surface area contributed by atoms with Crippen LogP contribution in [0.3, 0.4) is 0 Å². The molecule has 0 N–H and O–H groups in total. The second-order valence-corrected chi connectivity index (χ2v) is 5.37. The minimum Gasteiger partial charge on any atom is -0.378 e. The predicted octanol–water partition coefficient (Wildman–Crippen LogP) is 2.58. The highest BCUT2D eigenvalue weighted by Crippen LogP contribution is 2.36. The molecule has 1 amide bonds. The van der Waals surface area contributed by atoms with Crippen molar-refractivity contribution in [1.82, 2.24) is 0 Å². The fraction of sp³-hybridized carbons (Fsp3) is 0.429. The summed E-state index contributed by atoms with van der Waals surface area (Å²) in [4.78, 5) is 25.1. The fourth-order valence-electron chi connectivity index (χ4n) is 2.71. The Labute approximate surface area is 120 Å². The van der Waals surface area contributed by atoms with Crippen molar-refractivity contribution in [2.75, 3.05) is 18.1 Å². The highest BCUT2D eigenvalue weighted by molar-refractivity contribution is 6.55. The van der Waals surface area contributed by atoms with Crippen LogP contribution in [0.15, 0.2) is 12.1 Å². The molecule has 6 heteroatoms. The Bertz CT molecular complexity index is 584. The second kappa shape index (κ2) is 5.14. The van der Waals surface area contributed by atoms with Gasteiger partial charge in [-0.1, -0.05) is 11.6 Å². The van der Waals surface area contributed by atoms with Crippen molar-refractivity contribution < 1.29 is 18.7 Å². The van der Waals surface area contributed by atoms with E-state index in [1.807, 2.05) is 0 Å². The minimum atomic E-state index is -0.739. The molecule has 1 saturated heterocycles. The lowest BCUT2D eigenvalue weighted by molar-refractivity contribution is -0.114. The first-order valence-corrected chi connectivity index (χ1v) is 6.93. The summed E-state index contributed by atoms with van der Waals surface area (Å²) in [5, 5.41) is 0.111. The number of fused-ring (bicyclic) bond motifs is 1. The van der Waals surface area contributed by atoms with E-state index in [1.165, 1.54) is 17.0 Å². The van der Waals surface area contributed by atoms with Gasteiger partial charge in [0.05, 0.1) is 22.4 Å². The lowest BCUT2D eigenvalue weighted by Gasteiger charge is -2.19. The molecule has 1 aromatic carbocycles. The number of hydrogen-bond acceptors (Lipinski definition) is 3. The van der Waals surface area contributed by atoms with Crippen molar-refractivity contribution in [1.29, 1.82) is 0 Å². The number of nitrogens with zero attached hydrogens (tertiary/aromatic N) is 1. The molecule has 1 aromatic rings. The summed E-state index contributed by atoms with van der Waals surface area (Å²) in [7, 11) is 0. The monoisotopic (exact) mass is 297 g/mol. The lowest BCUT2D eigenvalue weighted by Crippen LogP contribution is -2.32. The highest BCUT2D eigenvalue weighted by Gasteiger charge is 2.40. The van der Waals surface area contributed by atoms with E-state index < -0.39 is 17.5 Å². The summed E-state index contributed by atoms with van der Waals surface area (Å²) in [5.74, 6) is -2.06. The first-order chi connectivity index (χ1) is 9.59. The maximum Gasteiger partial charge on any atom is 0.299 e. The van der Waals surface area contributed by atoms with Crippen molar-refractivity contribution in [3.05, 3.63) is 28.5 Å². The Hall–Kier alpha value is -1.46. The third kappa shape index (κ3) is 2.11. The maximum atomic E-state index is 13.9. The molecule has 2 aliphatic heterocycles. The van der Waals surface area contributed by atoms with Crippen LogP contribution < -0.4 is 4.90 Å². The summed E-state index contributed by atoms with van der Waals surface area (Å²) in [5.41, 5.74) is -0.0190. The van der Waals surface area contributed by atoms with E-state index in [0.717, 1.165) is 12.8 Å². The molecular weight excluding hydrogens is 285 g/mol. The molecule has 1 unspecified atom stereocenters. The molecule has 1 atom stereocenters. The van der Waals surface area contributed by atoms with Gasteiger partial charge in [0.15, 0.2) is 0 Å². The fourth-order valence-corrected chi connectivity index (χ4v) is 2.95. The van der Waals surface area contributed by atoms with Crippen molar-refractivity contribution >= 4 is 29.0 Å². The van der Waals surface area contributed by atoms with Crippen molar-refractivity contribution in [3.8, 4) is 0 Å². The van der Waals surface area contributed by atoms with Crippen LogP contribution in [0, 0.1) is 5.82 Å². The van der Waals surface area contributed by atoms with Crippen LogP contribution in [0.25, 0.3) is 0 Å². The molecule has 0 spiro atoms. The Morgan fingerprint density at radius 1 is 1.40 bits per heavy atom. The van der Waals surface area contributed by atoms with E-state index in [4.69, 9.17) is 16.3 Å². The predicted molar refractivity (Wildman–Crippen MR) is 71.7 cm³/mol. The largest absolute Gasteiger partial charge is 0.378 e. The zero-order valence-corrected chi connectivity index (χ0v) is 11.5. The van der Waals surface area contributed by atoms with E-state index in [0.29, 0.717) is 13.0 Å². The molecule has 0 bridgehead atoms. The highest BCUT2D eigenvalue weighted by atomic mass is 35.5. The summed E-state index contributed by atoms with van der Waals surface area (Å²) >= 11 is 5.90. The molecular formula is C14H13ClFNO3. The van der Waals surface area contributed by atoms with Gasteiger partial charge in [0.1, 0.15) is 5.82 Å². The molecule has 20 heavy (non-hydrogen) atoms. The number of amides is 1. The van der Waals surface area contributed by atoms with Gasteiger partial charge in [-0.15, -0.1) is 0 Å². The van der Waals surface area contributed by atoms with Gasteiger partial charge in [-0.05, 0) is 31.4 Å². The van der Waals surface area contributed by atoms with Gasteiger partial charge in [0.25, 0.3) is 11.7 Å². The number of hydrogen-bond donors (Lipinski definition) is 0. The Balaban J connectivity index is 1.87. The van der Waals surface area contributed by atoms with Gasteiger partial charge in [-0.25, -0.2) is 4.39 Å². The number of ether oxygens (including phenoxy) is 1. The third-order valence-corrected chi connectivity index (χ3v) is 4.03. The van der Waals surface area contributed by atoms with Gasteiger partial charge in [0, 0.05) is 13.2 Å². The summed E-state index contributed by atoms with van der Waals surface area (Å²) < 4.78 is 19.4. The van der Waals surface area contributed by atoms with Gasteiger partial charge >= 0.3 is 0 Å². The zero-order valence-electron chi connectivity index (χ0n) is 10.7. The van der Waals surface area contributed by atoms with E-state index >= 15 is 0 Å². The topological polar surface area (TPSA) is 46.6 Å². The number of rotatable bonds is 3. The number of carbonyl (C=O) groups is 2. The van der Waals surface area contributed by atoms with Crippen molar-refractivity contribution in [3.63, 3.8) is 0 Å². The zero-order chi connectivity index (χ0) is 14.3. The standard InChI is InChI=1S/C14H13ClFNO3/c15-9-3-4-10(16)12-11(9)13(18)14(19)17(12)6-5-8-2-1-7-20-8/h3-4,8H,1-2,5-7H2. The molecule has 2 heterocycles. The van der Waals surface area contributed by atoms with Gasteiger partial charge < -0.3 is 9.64 Å². The molecule has 0 aromatic heterocycles. The Morgan fingerprint density at radius 2 is 2.20 bits per heavy atom. The number of anilines is 1. The molecule has 3 rings (SSSR count). The van der Waals surface area contributed by atoms with E-state index in [2.05, 4.69) is 0 Å². The van der Waals surface area contributed by atoms with E-state index in [1.54, 1.807) is 0 Å². The summed E-state index contributed by atoms with van der Waals surface area (Å²) in [6, 6.07) is 2.47. The van der Waals surface area contributed by atoms with Gasteiger partial charge in [0.2, 0.25) is 0 Å². The van der Waals surface area contributed by atoms with Crippen LogP contribution in [0.1, 0.15) is 29.6 Å². The molecule has 4 nitrogen and oxygen atoms in total. The number of Topliss-reactive ketones (excluding diaryl/α,β-unsaturated/α-hetero) is 1. The van der Waals surface area contributed by atoms with Crippen LogP contribution in [-0.2, 0) is 9.53 Å². The molecule has 0 aliphatic carbocycles. The Morgan fingerprint density at radius 3 is 2.90 bits per heavy atom. The van der Waals surface area contributed by atoms with Gasteiger partial charge in [-0.3, -0.25) is 9.59 Å². The smallest absolute Gasteiger partial charge is 0.299 e. The maximum absolute atomic E-state index is 13.9. The summed E-state index contributed by atoms with van der Waals surface area (Å²) in [6.45, 7) is 0.980. The third-order valence-electron chi connectivity index (χ3n) is 3.71.